The molecule has 144 valence electrons. The smallest absolute Gasteiger partial charge is 0.306 e. The molecule has 1 aliphatic heterocycles. The van der Waals surface area contributed by atoms with Gasteiger partial charge in [-0.3, -0.25) is 9.69 Å². The Labute approximate surface area is 163 Å². The van der Waals surface area contributed by atoms with E-state index < -0.39 is 5.97 Å². The lowest BCUT2D eigenvalue weighted by Gasteiger charge is -2.29. The van der Waals surface area contributed by atoms with Gasteiger partial charge in [-0.25, -0.2) is 9.07 Å². The minimum atomic E-state index is -0.705. The summed E-state index contributed by atoms with van der Waals surface area (Å²) in [5.74, 6) is -1.23. The largest absolute Gasteiger partial charge is 0.481 e. The molecule has 0 unspecified atom stereocenters. The molecule has 1 saturated heterocycles. The first-order valence-electron chi connectivity index (χ1n) is 9.45. The van der Waals surface area contributed by atoms with Gasteiger partial charge in [0.1, 0.15) is 5.82 Å². The summed E-state index contributed by atoms with van der Waals surface area (Å²) < 4.78 is 15.2. The summed E-state index contributed by atoms with van der Waals surface area (Å²) in [6, 6.07) is 16.2. The van der Waals surface area contributed by atoms with Crippen LogP contribution in [0, 0.1) is 11.7 Å². The average Bonchev–Trinajstić information content (AvgIpc) is 3.13. The molecule has 1 aliphatic rings. The lowest BCUT2D eigenvalue weighted by molar-refractivity contribution is -0.143. The van der Waals surface area contributed by atoms with Crippen LogP contribution in [0.25, 0.3) is 16.9 Å². The first kappa shape index (κ1) is 18.4. The van der Waals surface area contributed by atoms with Crippen LogP contribution in [0.4, 0.5) is 4.39 Å². The van der Waals surface area contributed by atoms with Gasteiger partial charge in [0.25, 0.3) is 0 Å². The van der Waals surface area contributed by atoms with Crippen molar-refractivity contribution in [3.63, 3.8) is 0 Å². The lowest BCUT2D eigenvalue weighted by atomic mass is 9.96. The zero-order chi connectivity index (χ0) is 19.5. The summed E-state index contributed by atoms with van der Waals surface area (Å²) in [6.07, 6.45) is 3.33. The number of nitrogens with zero attached hydrogens (tertiary/aromatic N) is 3. The van der Waals surface area contributed by atoms with E-state index in [1.165, 1.54) is 12.1 Å². The molecular weight excluding hydrogens is 357 g/mol. The number of aliphatic carboxylic acids is 1. The number of carboxylic acids is 1. The Morgan fingerprint density at radius 2 is 1.75 bits per heavy atom. The van der Waals surface area contributed by atoms with Crippen molar-refractivity contribution in [3.05, 3.63) is 72.2 Å². The highest BCUT2D eigenvalue weighted by Gasteiger charge is 2.25. The van der Waals surface area contributed by atoms with E-state index in [4.69, 9.17) is 5.10 Å². The van der Waals surface area contributed by atoms with Gasteiger partial charge >= 0.3 is 5.97 Å². The number of halogens is 1. The maximum atomic E-state index is 13.4. The molecule has 1 fully saturated rings. The molecule has 0 aliphatic carbocycles. The highest BCUT2D eigenvalue weighted by molar-refractivity contribution is 5.70. The van der Waals surface area contributed by atoms with Crippen molar-refractivity contribution < 1.29 is 14.3 Å². The normalized spacial score (nSPS) is 15.6. The van der Waals surface area contributed by atoms with Crippen molar-refractivity contribution in [2.45, 2.75) is 19.4 Å². The van der Waals surface area contributed by atoms with E-state index in [0.29, 0.717) is 19.4 Å². The predicted molar refractivity (Wildman–Crippen MR) is 105 cm³/mol. The molecule has 0 radical (unpaired) electrons. The molecule has 6 heteroatoms. The minimum Gasteiger partial charge on any atom is -0.481 e. The van der Waals surface area contributed by atoms with Gasteiger partial charge in [-0.05, 0) is 62.3 Å². The molecule has 28 heavy (non-hydrogen) atoms. The molecule has 1 N–H and O–H groups in total. The average molecular weight is 379 g/mol. The number of para-hydroxylation sites is 1. The predicted octanol–water partition coefficient (Wildman–Crippen LogP) is 3.98. The SMILES string of the molecule is O=C(O)C1CCN(Cc2cn(-c3ccccc3)nc2-c2ccc(F)cc2)CC1. The van der Waals surface area contributed by atoms with E-state index in [1.54, 1.807) is 12.1 Å². The van der Waals surface area contributed by atoms with Crippen molar-refractivity contribution in [2.75, 3.05) is 13.1 Å². The number of aromatic nitrogens is 2. The third kappa shape index (κ3) is 3.97. The van der Waals surface area contributed by atoms with Crippen molar-refractivity contribution in [1.29, 1.82) is 0 Å². The van der Waals surface area contributed by atoms with Crippen LogP contribution >= 0.6 is 0 Å². The minimum absolute atomic E-state index is 0.250. The van der Waals surface area contributed by atoms with Crippen LogP contribution < -0.4 is 0 Å². The molecule has 2 heterocycles. The highest BCUT2D eigenvalue weighted by atomic mass is 19.1. The van der Waals surface area contributed by atoms with Crippen molar-refractivity contribution in [1.82, 2.24) is 14.7 Å². The summed E-state index contributed by atoms with van der Waals surface area (Å²) in [5, 5.41) is 14.0. The van der Waals surface area contributed by atoms with Crippen LogP contribution in [0.15, 0.2) is 60.8 Å². The fraction of sp³-hybridized carbons (Fsp3) is 0.273. The number of likely N-dealkylation sites (tertiary alicyclic amines) is 1. The Hall–Kier alpha value is -2.99. The number of carbonyl (C=O) groups is 1. The van der Waals surface area contributed by atoms with E-state index in [1.807, 2.05) is 41.2 Å². The molecular formula is C22H22FN3O2. The number of hydrogen-bond acceptors (Lipinski definition) is 3. The van der Waals surface area contributed by atoms with Gasteiger partial charge < -0.3 is 5.11 Å². The Balaban J connectivity index is 1.62. The second-order valence-electron chi connectivity index (χ2n) is 7.18. The number of benzene rings is 2. The Morgan fingerprint density at radius 3 is 2.39 bits per heavy atom. The van der Waals surface area contributed by atoms with Crippen molar-refractivity contribution >= 4 is 5.97 Å². The number of carboxylic acid groups (broad SMARTS) is 1. The zero-order valence-corrected chi connectivity index (χ0v) is 15.5. The third-order valence-electron chi connectivity index (χ3n) is 5.26. The first-order valence-corrected chi connectivity index (χ1v) is 9.45. The van der Waals surface area contributed by atoms with Crippen LogP contribution in [0.1, 0.15) is 18.4 Å². The van der Waals surface area contributed by atoms with Gasteiger partial charge in [-0.2, -0.15) is 5.10 Å². The third-order valence-corrected chi connectivity index (χ3v) is 5.26. The van der Waals surface area contributed by atoms with Crippen LogP contribution in [0.5, 0.6) is 0 Å². The summed E-state index contributed by atoms with van der Waals surface area (Å²) in [6.45, 7) is 2.18. The van der Waals surface area contributed by atoms with Gasteiger partial charge in [0.05, 0.1) is 17.3 Å². The maximum Gasteiger partial charge on any atom is 0.306 e. The van der Waals surface area contributed by atoms with Gasteiger partial charge in [0, 0.05) is 23.9 Å². The molecule has 0 saturated carbocycles. The van der Waals surface area contributed by atoms with Crippen molar-refractivity contribution in [3.8, 4) is 16.9 Å². The van der Waals surface area contributed by atoms with Crippen molar-refractivity contribution in [2.24, 2.45) is 5.92 Å². The van der Waals surface area contributed by atoms with Gasteiger partial charge in [0.2, 0.25) is 0 Å². The lowest BCUT2D eigenvalue weighted by Crippen LogP contribution is -2.35. The Kier molecular flexibility index (Phi) is 5.21. The van der Waals surface area contributed by atoms with E-state index in [0.717, 1.165) is 35.6 Å². The van der Waals surface area contributed by atoms with E-state index in [9.17, 15) is 14.3 Å². The molecule has 4 rings (SSSR count). The first-order chi connectivity index (χ1) is 13.6. The topological polar surface area (TPSA) is 58.4 Å². The molecule has 5 nitrogen and oxygen atoms in total. The van der Waals surface area contributed by atoms with Gasteiger partial charge in [0.15, 0.2) is 0 Å². The number of hydrogen-bond donors (Lipinski definition) is 1. The molecule has 1 aromatic heterocycles. The fourth-order valence-corrected chi connectivity index (χ4v) is 3.67. The summed E-state index contributed by atoms with van der Waals surface area (Å²) in [4.78, 5) is 13.4. The van der Waals surface area contributed by atoms with E-state index >= 15 is 0 Å². The summed E-state index contributed by atoms with van der Waals surface area (Å²) in [7, 11) is 0. The Morgan fingerprint density at radius 1 is 1.07 bits per heavy atom. The second kappa shape index (κ2) is 7.94. The zero-order valence-electron chi connectivity index (χ0n) is 15.5. The molecule has 0 spiro atoms. The Bertz CT molecular complexity index is 946. The van der Waals surface area contributed by atoms with Crippen LogP contribution in [0.2, 0.25) is 0 Å². The molecule has 3 aromatic rings. The van der Waals surface area contributed by atoms with Gasteiger partial charge in [-0.1, -0.05) is 18.2 Å². The highest BCUT2D eigenvalue weighted by Crippen LogP contribution is 2.27. The van der Waals surface area contributed by atoms with Crippen LogP contribution in [-0.2, 0) is 11.3 Å². The van der Waals surface area contributed by atoms with E-state index in [-0.39, 0.29) is 11.7 Å². The molecule has 0 amide bonds. The quantitative estimate of drug-likeness (QED) is 0.729. The van der Waals surface area contributed by atoms with Crippen LogP contribution in [0.3, 0.4) is 0 Å². The number of rotatable bonds is 5. The standard InChI is InChI=1S/C22H22FN3O2/c23-19-8-6-16(7-9-19)21-18(14-25-12-10-17(11-13-25)22(27)28)15-26(24-21)20-4-2-1-3-5-20/h1-9,15,17H,10-14H2,(H,27,28). The van der Waals surface area contributed by atoms with Crippen LogP contribution in [-0.4, -0.2) is 38.8 Å². The monoisotopic (exact) mass is 379 g/mol. The molecule has 0 atom stereocenters. The molecule has 2 aromatic carbocycles. The number of piperidine rings is 1. The molecule has 0 bridgehead atoms. The van der Waals surface area contributed by atoms with Gasteiger partial charge in [-0.15, -0.1) is 0 Å². The second-order valence-corrected chi connectivity index (χ2v) is 7.18. The maximum absolute atomic E-state index is 13.4. The van der Waals surface area contributed by atoms with E-state index in [2.05, 4.69) is 4.90 Å². The fourth-order valence-electron chi connectivity index (χ4n) is 3.67. The summed E-state index contributed by atoms with van der Waals surface area (Å²) in [5.41, 5.74) is 3.70. The summed E-state index contributed by atoms with van der Waals surface area (Å²) >= 11 is 0.